The number of rotatable bonds is 3. The molecule has 0 fully saturated rings. The molecule has 88 valence electrons. The van der Waals surface area contributed by atoms with Crippen molar-refractivity contribution >= 4 is 23.4 Å². The molecule has 0 atom stereocenters. The molecule has 5 nitrogen and oxygen atoms in total. The van der Waals surface area contributed by atoms with E-state index in [1.165, 1.54) is 0 Å². The number of nitrogens with one attached hydrogen (secondary N) is 1. The molecular formula is C9H13ClN4OS. The second kappa shape index (κ2) is 4.27. The van der Waals surface area contributed by atoms with Gasteiger partial charge in [0.2, 0.25) is 5.28 Å². The summed E-state index contributed by atoms with van der Waals surface area (Å²) >= 11 is 7.38. The molecule has 0 saturated heterocycles. The average molecular weight is 261 g/mol. The Labute approximate surface area is 103 Å². The van der Waals surface area contributed by atoms with Crippen molar-refractivity contribution in [3.63, 3.8) is 0 Å². The van der Waals surface area contributed by atoms with E-state index in [0.717, 1.165) is 5.03 Å². The molecule has 2 rings (SSSR count). The maximum atomic E-state index is 5.80. The summed E-state index contributed by atoms with van der Waals surface area (Å²) < 4.78 is 1.55. The normalized spacial score (nSPS) is 18.4. The Morgan fingerprint density at radius 2 is 2.38 bits per heavy atom. The van der Waals surface area contributed by atoms with Gasteiger partial charge in [-0.1, -0.05) is 11.8 Å². The number of nitrogens with zero attached hydrogens (tertiary/aromatic N) is 3. The van der Waals surface area contributed by atoms with Crippen molar-refractivity contribution in [1.29, 1.82) is 0 Å². The van der Waals surface area contributed by atoms with Crippen LogP contribution in [-0.4, -0.2) is 20.4 Å². The van der Waals surface area contributed by atoms with Crippen molar-refractivity contribution in [2.24, 2.45) is 7.05 Å². The lowest BCUT2D eigenvalue weighted by Gasteiger charge is -2.11. The van der Waals surface area contributed by atoms with Gasteiger partial charge in [0.25, 0.3) is 0 Å². The lowest BCUT2D eigenvalue weighted by molar-refractivity contribution is -0.0126. The van der Waals surface area contributed by atoms with Crippen LogP contribution in [-0.2, 0) is 17.6 Å². The van der Waals surface area contributed by atoms with Crippen LogP contribution in [0, 0.1) is 0 Å². The Kier molecular flexibility index (Phi) is 3.14. The second-order valence-corrected chi connectivity index (χ2v) is 5.38. The van der Waals surface area contributed by atoms with Crippen LogP contribution in [0.4, 0.5) is 0 Å². The zero-order valence-corrected chi connectivity index (χ0v) is 10.9. The van der Waals surface area contributed by atoms with Crippen molar-refractivity contribution in [1.82, 2.24) is 20.2 Å². The van der Waals surface area contributed by atoms with Gasteiger partial charge >= 0.3 is 0 Å². The molecule has 1 N–H and O–H groups in total. The van der Waals surface area contributed by atoms with Crippen molar-refractivity contribution in [3.8, 4) is 0 Å². The predicted octanol–water partition coefficient (Wildman–Crippen LogP) is 1.86. The van der Waals surface area contributed by atoms with Gasteiger partial charge in [0.15, 0.2) is 5.82 Å². The standard InChI is InChI=1S/C9H13ClN4OS/c1-9(2)4-7(13-15-9)16-5-6-11-8(10)14(3)12-6/h4,13H,5H2,1-3H3. The summed E-state index contributed by atoms with van der Waals surface area (Å²) in [5.74, 6) is 1.38. The number of hydrogen-bond acceptors (Lipinski definition) is 5. The maximum Gasteiger partial charge on any atom is 0.220 e. The summed E-state index contributed by atoms with van der Waals surface area (Å²) in [6.45, 7) is 3.98. The second-order valence-electron chi connectivity index (χ2n) is 4.03. The van der Waals surface area contributed by atoms with Gasteiger partial charge in [0.05, 0.1) is 10.8 Å². The zero-order valence-electron chi connectivity index (χ0n) is 9.32. The summed E-state index contributed by atoms with van der Waals surface area (Å²) in [5.41, 5.74) is 2.61. The summed E-state index contributed by atoms with van der Waals surface area (Å²) in [7, 11) is 1.77. The Bertz CT molecular complexity index is 410. The van der Waals surface area contributed by atoms with Gasteiger partial charge in [0.1, 0.15) is 5.60 Å². The number of halogens is 1. The van der Waals surface area contributed by atoms with Crippen LogP contribution in [0.2, 0.25) is 5.28 Å². The van der Waals surface area contributed by atoms with Crippen molar-refractivity contribution in [2.75, 3.05) is 0 Å². The number of aryl methyl sites for hydroxylation is 1. The molecule has 1 aliphatic heterocycles. The van der Waals surface area contributed by atoms with E-state index in [9.17, 15) is 0 Å². The molecule has 0 aliphatic carbocycles. The maximum absolute atomic E-state index is 5.80. The molecular weight excluding hydrogens is 248 g/mol. The number of aromatic nitrogens is 3. The van der Waals surface area contributed by atoms with E-state index < -0.39 is 0 Å². The third-order valence-electron chi connectivity index (χ3n) is 2.00. The topological polar surface area (TPSA) is 52.0 Å². The van der Waals surface area contributed by atoms with Gasteiger partial charge in [-0.2, -0.15) is 5.10 Å². The Hall–Kier alpha value is -0.720. The molecule has 1 aromatic rings. The van der Waals surface area contributed by atoms with Crippen LogP contribution in [0.25, 0.3) is 0 Å². The summed E-state index contributed by atoms with van der Waals surface area (Å²) in [5, 5.41) is 5.55. The highest BCUT2D eigenvalue weighted by atomic mass is 35.5. The predicted molar refractivity (Wildman–Crippen MR) is 63.7 cm³/mol. The van der Waals surface area contributed by atoms with Gasteiger partial charge in [-0.25, -0.2) is 9.67 Å². The fourth-order valence-electron chi connectivity index (χ4n) is 1.25. The van der Waals surface area contributed by atoms with Crippen molar-refractivity contribution in [2.45, 2.75) is 25.2 Å². The van der Waals surface area contributed by atoms with E-state index in [0.29, 0.717) is 16.9 Å². The highest BCUT2D eigenvalue weighted by Crippen LogP contribution is 2.27. The van der Waals surface area contributed by atoms with Crippen LogP contribution < -0.4 is 5.48 Å². The molecule has 0 saturated carbocycles. The summed E-state index contributed by atoms with van der Waals surface area (Å²) in [4.78, 5) is 9.44. The monoisotopic (exact) mass is 260 g/mol. The first-order chi connectivity index (χ1) is 7.46. The molecule has 7 heteroatoms. The highest BCUT2D eigenvalue weighted by molar-refractivity contribution is 8.02. The van der Waals surface area contributed by atoms with E-state index in [2.05, 4.69) is 15.6 Å². The van der Waals surface area contributed by atoms with Gasteiger partial charge in [-0.15, -0.1) is 0 Å². The first-order valence-electron chi connectivity index (χ1n) is 4.81. The molecule has 0 unspecified atom stereocenters. The molecule has 2 heterocycles. The van der Waals surface area contributed by atoms with Gasteiger partial charge < -0.3 is 0 Å². The SMILES string of the molecule is Cn1nc(CSC2=CC(C)(C)ON2)nc1Cl. The van der Waals surface area contributed by atoms with Crippen molar-refractivity contribution in [3.05, 3.63) is 22.2 Å². The molecule has 1 aromatic heterocycles. The van der Waals surface area contributed by atoms with Crippen LogP contribution in [0.5, 0.6) is 0 Å². The molecule has 0 spiro atoms. The third-order valence-corrected chi connectivity index (χ3v) is 3.25. The number of hydroxylamine groups is 1. The number of thioether (sulfide) groups is 1. The van der Waals surface area contributed by atoms with Gasteiger partial charge in [-0.3, -0.25) is 10.3 Å². The summed E-state index contributed by atoms with van der Waals surface area (Å²) in [6.07, 6.45) is 2.03. The first kappa shape index (κ1) is 11.8. The van der Waals surface area contributed by atoms with Crippen molar-refractivity contribution < 1.29 is 4.84 Å². The summed E-state index contributed by atoms with van der Waals surface area (Å²) in [6, 6.07) is 0. The minimum Gasteiger partial charge on any atom is -0.265 e. The van der Waals surface area contributed by atoms with E-state index >= 15 is 0 Å². The Morgan fingerprint density at radius 1 is 1.62 bits per heavy atom. The lowest BCUT2D eigenvalue weighted by atomic mass is 10.1. The minimum atomic E-state index is -0.252. The quantitative estimate of drug-likeness (QED) is 0.899. The lowest BCUT2D eigenvalue weighted by Crippen LogP contribution is -2.20. The van der Waals surface area contributed by atoms with Crippen LogP contribution >= 0.6 is 23.4 Å². The fraction of sp³-hybridized carbons (Fsp3) is 0.556. The highest BCUT2D eigenvalue weighted by Gasteiger charge is 2.24. The third kappa shape index (κ3) is 2.69. The molecule has 0 bridgehead atoms. The van der Waals surface area contributed by atoms with Crippen LogP contribution in [0.15, 0.2) is 11.1 Å². The molecule has 0 amide bonds. The van der Waals surface area contributed by atoms with Gasteiger partial charge in [0, 0.05) is 7.05 Å². The van der Waals surface area contributed by atoms with Crippen LogP contribution in [0.1, 0.15) is 19.7 Å². The Morgan fingerprint density at radius 3 is 2.88 bits per heavy atom. The molecule has 0 aromatic carbocycles. The molecule has 1 aliphatic rings. The van der Waals surface area contributed by atoms with Crippen LogP contribution in [0.3, 0.4) is 0 Å². The average Bonchev–Trinajstić information content (AvgIpc) is 2.68. The van der Waals surface area contributed by atoms with E-state index in [4.69, 9.17) is 16.4 Å². The number of hydrogen-bond donors (Lipinski definition) is 1. The van der Waals surface area contributed by atoms with Gasteiger partial charge in [-0.05, 0) is 31.5 Å². The largest absolute Gasteiger partial charge is 0.265 e. The minimum absolute atomic E-state index is 0.252. The Balaban J connectivity index is 1.93. The smallest absolute Gasteiger partial charge is 0.220 e. The van der Waals surface area contributed by atoms with E-state index in [1.807, 2.05) is 19.9 Å². The first-order valence-corrected chi connectivity index (χ1v) is 6.18. The zero-order chi connectivity index (χ0) is 11.8. The van der Waals surface area contributed by atoms with E-state index in [1.54, 1.807) is 23.5 Å². The fourth-order valence-corrected chi connectivity index (χ4v) is 2.26. The molecule has 16 heavy (non-hydrogen) atoms. The molecule has 0 radical (unpaired) electrons. The van der Waals surface area contributed by atoms with E-state index in [-0.39, 0.29) is 5.60 Å².